The Morgan fingerprint density at radius 2 is 2.20 bits per heavy atom. The topological polar surface area (TPSA) is 39.9 Å². The molecule has 0 spiro atoms. The molecule has 0 saturated carbocycles. The van der Waals surface area contributed by atoms with Gasteiger partial charge in [-0.25, -0.2) is 4.98 Å². The Labute approximate surface area is 82.3 Å². The summed E-state index contributed by atoms with van der Waals surface area (Å²) in [6.45, 7) is -2.93. The number of halogens is 3. The quantitative estimate of drug-likeness (QED) is 0.768. The highest BCUT2D eigenvalue weighted by atomic mass is 19.3. The van der Waals surface area contributed by atoms with Crippen molar-refractivity contribution in [2.45, 2.75) is 6.61 Å². The normalized spacial score (nSPS) is 11.3. The summed E-state index contributed by atoms with van der Waals surface area (Å²) >= 11 is 0. The second-order valence-electron chi connectivity index (χ2n) is 2.83. The lowest BCUT2D eigenvalue weighted by atomic mass is 10.3. The van der Waals surface area contributed by atoms with Crippen LogP contribution in [0, 0.1) is 5.95 Å². The standard InChI is InChI=1S/C8H6F3N3O/c1-14-5-2-4(15-8(10)11)3-12-6(5)7(9)13-14/h2-3,8H,1H3. The third-order valence-electron chi connectivity index (χ3n) is 1.85. The van der Waals surface area contributed by atoms with Crippen LogP contribution >= 0.6 is 0 Å². The Bertz CT molecular complexity index is 497. The Morgan fingerprint density at radius 3 is 2.87 bits per heavy atom. The maximum Gasteiger partial charge on any atom is 0.387 e. The molecule has 0 N–H and O–H groups in total. The molecule has 7 heteroatoms. The summed E-state index contributed by atoms with van der Waals surface area (Å²) in [4.78, 5) is 3.64. The number of aryl methyl sites for hydroxylation is 1. The van der Waals surface area contributed by atoms with Gasteiger partial charge >= 0.3 is 6.61 Å². The van der Waals surface area contributed by atoms with Gasteiger partial charge in [0.25, 0.3) is 5.95 Å². The molecule has 2 rings (SSSR count). The first-order valence-electron chi connectivity index (χ1n) is 4.01. The molecule has 0 aliphatic heterocycles. The predicted octanol–water partition coefficient (Wildman–Crippen LogP) is 1.71. The fraction of sp³-hybridized carbons (Fsp3) is 0.250. The Morgan fingerprint density at radius 1 is 1.47 bits per heavy atom. The molecule has 0 atom stereocenters. The molecule has 0 radical (unpaired) electrons. The second kappa shape index (κ2) is 3.41. The lowest BCUT2D eigenvalue weighted by Gasteiger charge is -2.03. The smallest absolute Gasteiger partial charge is 0.387 e. The number of nitrogens with zero attached hydrogens (tertiary/aromatic N) is 3. The molecule has 0 bridgehead atoms. The van der Waals surface area contributed by atoms with Crippen molar-refractivity contribution in [1.29, 1.82) is 0 Å². The lowest BCUT2D eigenvalue weighted by molar-refractivity contribution is -0.0499. The monoisotopic (exact) mass is 217 g/mol. The van der Waals surface area contributed by atoms with E-state index in [1.165, 1.54) is 17.8 Å². The van der Waals surface area contributed by atoms with Gasteiger partial charge in [0.05, 0.1) is 11.7 Å². The zero-order valence-electron chi connectivity index (χ0n) is 7.62. The largest absolute Gasteiger partial charge is 0.433 e. The highest BCUT2D eigenvalue weighted by molar-refractivity contribution is 5.75. The molecule has 2 aromatic rings. The van der Waals surface area contributed by atoms with Crippen LogP contribution in [0.15, 0.2) is 12.3 Å². The first-order valence-corrected chi connectivity index (χ1v) is 4.01. The van der Waals surface area contributed by atoms with Crippen LogP contribution in [0.4, 0.5) is 13.2 Å². The third kappa shape index (κ3) is 1.72. The number of aromatic nitrogens is 3. The highest BCUT2D eigenvalue weighted by Gasteiger charge is 2.12. The van der Waals surface area contributed by atoms with Crippen molar-refractivity contribution < 1.29 is 17.9 Å². The lowest BCUT2D eigenvalue weighted by Crippen LogP contribution is -2.02. The maximum absolute atomic E-state index is 13.0. The molecular formula is C8H6F3N3O. The van der Waals surface area contributed by atoms with Crippen LogP contribution < -0.4 is 4.74 Å². The highest BCUT2D eigenvalue weighted by Crippen LogP contribution is 2.20. The zero-order valence-corrected chi connectivity index (χ0v) is 7.62. The van der Waals surface area contributed by atoms with Crippen LogP contribution in [0.5, 0.6) is 5.75 Å². The number of hydrogen-bond donors (Lipinski definition) is 0. The summed E-state index contributed by atoms with van der Waals surface area (Å²) in [6, 6.07) is 1.25. The Balaban J connectivity index is 2.50. The molecule has 80 valence electrons. The van der Waals surface area contributed by atoms with Gasteiger partial charge in [-0.1, -0.05) is 0 Å². The van der Waals surface area contributed by atoms with Crippen LogP contribution in [-0.2, 0) is 7.05 Å². The molecule has 15 heavy (non-hydrogen) atoms. The fourth-order valence-electron chi connectivity index (χ4n) is 1.24. The van der Waals surface area contributed by atoms with Gasteiger partial charge in [0.2, 0.25) is 0 Å². The van der Waals surface area contributed by atoms with E-state index in [-0.39, 0.29) is 11.3 Å². The third-order valence-corrected chi connectivity index (χ3v) is 1.85. The zero-order chi connectivity index (χ0) is 11.0. The minimum atomic E-state index is -2.93. The molecular weight excluding hydrogens is 211 g/mol. The van der Waals surface area contributed by atoms with Crippen molar-refractivity contribution >= 4 is 11.0 Å². The molecule has 4 nitrogen and oxygen atoms in total. The van der Waals surface area contributed by atoms with Crippen LogP contribution in [0.2, 0.25) is 0 Å². The number of fused-ring (bicyclic) bond motifs is 1. The van der Waals surface area contributed by atoms with Gasteiger partial charge in [-0.05, 0) is 0 Å². The molecule has 0 aromatic carbocycles. The summed E-state index contributed by atoms with van der Waals surface area (Å²) in [5.74, 6) is -0.864. The van der Waals surface area contributed by atoms with E-state index < -0.39 is 12.6 Å². The van der Waals surface area contributed by atoms with E-state index in [2.05, 4.69) is 14.8 Å². The number of pyridine rings is 1. The van der Waals surface area contributed by atoms with Gasteiger partial charge in [-0.3, -0.25) is 4.68 Å². The van der Waals surface area contributed by atoms with Gasteiger partial charge in [0, 0.05) is 13.1 Å². The second-order valence-corrected chi connectivity index (χ2v) is 2.83. The van der Waals surface area contributed by atoms with Crippen LogP contribution in [0.1, 0.15) is 0 Å². The van der Waals surface area contributed by atoms with Crippen molar-refractivity contribution in [3.63, 3.8) is 0 Å². The average Bonchev–Trinajstić information content (AvgIpc) is 2.41. The minimum absolute atomic E-state index is 0.0270. The Kier molecular flexibility index (Phi) is 2.22. The van der Waals surface area contributed by atoms with Crippen LogP contribution in [0.25, 0.3) is 11.0 Å². The molecule has 2 heterocycles. The predicted molar refractivity (Wildman–Crippen MR) is 45.1 cm³/mol. The summed E-state index contributed by atoms with van der Waals surface area (Å²) in [5, 5.41) is 3.45. The van der Waals surface area contributed by atoms with E-state index in [0.29, 0.717) is 5.52 Å². The Hall–Kier alpha value is -1.79. The van der Waals surface area contributed by atoms with Crippen molar-refractivity contribution in [2.24, 2.45) is 7.05 Å². The van der Waals surface area contributed by atoms with Gasteiger partial charge in [0.15, 0.2) is 0 Å². The fourth-order valence-corrected chi connectivity index (χ4v) is 1.24. The molecule has 0 fully saturated rings. The van der Waals surface area contributed by atoms with E-state index >= 15 is 0 Å². The minimum Gasteiger partial charge on any atom is -0.433 e. The summed E-state index contributed by atoms with van der Waals surface area (Å²) in [6.07, 6.45) is 1.03. The van der Waals surface area contributed by atoms with Crippen molar-refractivity contribution in [2.75, 3.05) is 0 Å². The van der Waals surface area contributed by atoms with Gasteiger partial charge < -0.3 is 4.74 Å². The van der Waals surface area contributed by atoms with E-state index in [0.717, 1.165) is 6.20 Å². The summed E-state index contributed by atoms with van der Waals surface area (Å²) < 4.78 is 42.1. The van der Waals surface area contributed by atoms with E-state index in [1.54, 1.807) is 0 Å². The molecule has 2 aromatic heterocycles. The number of ether oxygens (including phenoxy) is 1. The molecule has 0 amide bonds. The summed E-state index contributed by atoms with van der Waals surface area (Å²) in [7, 11) is 1.49. The van der Waals surface area contributed by atoms with Gasteiger partial charge in [-0.2, -0.15) is 13.2 Å². The number of rotatable bonds is 2. The van der Waals surface area contributed by atoms with Gasteiger partial charge in [0.1, 0.15) is 11.3 Å². The molecule has 0 aliphatic carbocycles. The van der Waals surface area contributed by atoms with E-state index in [9.17, 15) is 13.2 Å². The molecule has 0 aliphatic rings. The van der Waals surface area contributed by atoms with E-state index in [4.69, 9.17) is 0 Å². The number of alkyl halides is 2. The van der Waals surface area contributed by atoms with Crippen molar-refractivity contribution in [3.05, 3.63) is 18.2 Å². The molecule has 0 unspecified atom stereocenters. The van der Waals surface area contributed by atoms with E-state index in [1.807, 2.05) is 0 Å². The SMILES string of the molecule is Cn1nc(F)c2ncc(OC(F)F)cc21. The van der Waals surface area contributed by atoms with Crippen LogP contribution in [0.3, 0.4) is 0 Å². The molecule has 0 saturated heterocycles. The first-order chi connectivity index (χ1) is 7.08. The first kappa shape index (κ1) is 9.75. The number of hydrogen-bond acceptors (Lipinski definition) is 3. The average molecular weight is 217 g/mol. The van der Waals surface area contributed by atoms with Crippen LogP contribution in [-0.4, -0.2) is 21.4 Å². The van der Waals surface area contributed by atoms with Crippen molar-refractivity contribution in [3.8, 4) is 5.75 Å². The van der Waals surface area contributed by atoms with Crippen molar-refractivity contribution in [1.82, 2.24) is 14.8 Å². The summed E-state index contributed by atoms with van der Waals surface area (Å²) in [5.41, 5.74) is 0.324. The maximum atomic E-state index is 13.0. The van der Waals surface area contributed by atoms with Gasteiger partial charge in [-0.15, -0.1) is 5.10 Å².